The van der Waals surface area contributed by atoms with Crippen LogP contribution in [-0.4, -0.2) is 23.0 Å². The monoisotopic (exact) mass is 276 g/mol. The molecule has 0 saturated heterocycles. The van der Waals surface area contributed by atoms with Gasteiger partial charge in [0.2, 0.25) is 5.91 Å². The van der Waals surface area contributed by atoms with Crippen molar-refractivity contribution in [2.45, 2.75) is 13.0 Å². The molecule has 0 radical (unpaired) electrons. The molecule has 17 heavy (non-hydrogen) atoms. The Morgan fingerprint density at radius 2 is 1.82 bits per heavy atom. The van der Waals surface area contributed by atoms with Crippen molar-refractivity contribution in [2.75, 3.05) is 5.32 Å². The van der Waals surface area contributed by atoms with Crippen LogP contribution >= 0.6 is 23.2 Å². The third-order valence-electron chi connectivity index (χ3n) is 1.95. The van der Waals surface area contributed by atoms with Crippen molar-refractivity contribution >= 4 is 40.8 Å². The smallest absolute Gasteiger partial charge is 0.335 e. The third kappa shape index (κ3) is 3.33. The summed E-state index contributed by atoms with van der Waals surface area (Å²) in [7, 11) is 0. The van der Waals surface area contributed by atoms with Crippen molar-refractivity contribution in [1.82, 2.24) is 0 Å². The molecule has 1 unspecified atom stereocenters. The molecule has 0 saturated carbocycles. The molecule has 0 spiro atoms. The molecule has 1 aromatic rings. The first kappa shape index (κ1) is 13.8. The van der Waals surface area contributed by atoms with Gasteiger partial charge in [-0.15, -0.1) is 0 Å². The SMILES string of the molecule is CC(N)C(=O)Nc1c(Cl)cc(C(=O)O)cc1Cl. The fourth-order valence-corrected chi connectivity index (χ4v) is 1.63. The van der Waals surface area contributed by atoms with Crippen molar-refractivity contribution in [3.8, 4) is 0 Å². The molecule has 0 aromatic heterocycles. The lowest BCUT2D eigenvalue weighted by atomic mass is 10.2. The summed E-state index contributed by atoms with van der Waals surface area (Å²) in [6, 6.07) is 1.68. The van der Waals surface area contributed by atoms with Crippen LogP contribution in [0.25, 0.3) is 0 Å². The van der Waals surface area contributed by atoms with Crippen LogP contribution in [0.15, 0.2) is 12.1 Å². The van der Waals surface area contributed by atoms with E-state index in [4.69, 9.17) is 34.0 Å². The highest BCUT2D eigenvalue weighted by molar-refractivity contribution is 6.40. The van der Waals surface area contributed by atoms with Crippen LogP contribution in [-0.2, 0) is 4.79 Å². The number of carbonyl (C=O) groups is 2. The molecule has 0 aliphatic rings. The van der Waals surface area contributed by atoms with Crippen molar-refractivity contribution in [3.63, 3.8) is 0 Å². The summed E-state index contributed by atoms with van der Waals surface area (Å²) in [5.41, 5.74) is 5.47. The number of carbonyl (C=O) groups excluding carboxylic acids is 1. The Morgan fingerprint density at radius 3 is 2.18 bits per heavy atom. The number of nitrogens with one attached hydrogen (secondary N) is 1. The van der Waals surface area contributed by atoms with Gasteiger partial charge in [-0.2, -0.15) is 0 Å². The van der Waals surface area contributed by atoms with E-state index in [1.165, 1.54) is 19.1 Å². The van der Waals surface area contributed by atoms with Crippen molar-refractivity contribution in [2.24, 2.45) is 5.73 Å². The third-order valence-corrected chi connectivity index (χ3v) is 2.55. The van der Waals surface area contributed by atoms with Crippen LogP contribution in [0, 0.1) is 0 Å². The Labute approximate surface area is 108 Å². The van der Waals surface area contributed by atoms with Gasteiger partial charge in [0.25, 0.3) is 0 Å². The molecule has 1 rings (SSSR count). The minimum absolute atomic E-state index is 0.0453. The molecular formula is C10H10Cl2N2O3. The number of halogens is 2. The van der Waals surface area contributed by atoms with Gasteiger partial charge in [0.1, 0.15) is 0 Å². The minimum Gasteiger partial charge on any atom is -0.478 e. The minimum atomic E-state index is -1.15. The second-order valence-electron chi connectivity index (χ2n) is 3.40. The average molecular weight is 277 g/mol. The van der Waals surface area contributed by atoms with Gasteiger partial charge in [-0.3, -0.25) is 4.79 Å². The van der Waals surface area contributed by atoms with Crippen LogP contribution in [0.4, 0.5) is 5.69 Å². The van der Waals surface area contributed by atoms with Gasteiger partial charge in [-0.05, 0) is 19.1 Å². The molecule has 1 amide bonds. The predicted octanol–water partition coefficient (Wildman–Crippen LogP) is 1.98. The number of benzene rings is 1. The molecule has 0 heterocycles. The number of hydrogen-bond acceptors (Lipinski definition) is 3. The van der Waals surface area contributed by atoms with Gasteiger partial charge in [-0.1, -0.05) is 23.2 Å². The molecule has 5 nitrogen and oxygen atoms in total. The highest BCUT2D eigenvalue weighted by Crippen LogP contribution is 2.31. The topological polar surface area (TPSA) is 92.4 Å². The van der Waals surface area contributed by atoms with Gasteiger partial charge in [0.05, 0.1) is 27.3 Å². The Bertz CT molecular complexity index is 452. The number of aromatic carboxylic acids is 1. The summed E-state index contributed by atoms with van der Waals surface area (Å²) in [5, 5.41) is 11.3. The summed E-state index contributed by atoms with van der Waals surface area (Å²) in [6.45, 7) is 1.50. The van der Waals surface area contributed by atoms with Gasteiger partial charge in [0, 0.05) is 0 Å². The molecule has 0 aliphatic heterocycles. The normalized spacial score (nSPS) is 12.0. The van der Waals surface area contributed by atoms with Gasteiger partial charge >= 0.3 is 5.97 Å². The molecule has 0 bridgehead atoms. The second kappa shape index (κ2) is 5.35. The van der Waals surface area contributed by atoms with Crippen molar-refractivity contribution in [3.05, 3.63) is 27.7 Å². The summed E-state index contributed by atoms with van der Waals surface area (Å²) < 4.78 is 0. The molecule has 1 atom stereocenters. The van der Waals surface area contributed by atoms with Crippen molar-refractivity contribution < 1.29 is 14.7 Å². The maximum Gasteiger partial charge on any atom is 0.335 e. The highest BCUT2D eigenvalue weighted by Gasteiger charge is 2.15. The first-order chi connectivity index (χ1) is 7.82. The lowest BCUT2D eigenvalue weighted by Crippen LogP contribution is -2.32. The molecule has 0 fully saturated rings. The Hall–Kier alpha value is -1.30. The number of rotatable bonds is 3. The fourth-order valence-electron chi connectivity index (χ4n) is 1.05. The standard InChI is InChI=1S/C10H10Cl2N2O3/c1-4(13)9(15)14-8-6(11)2-5(10(16)17)3-7(8)12/h2-4H,13H2,1H3,(H,14,15)(H,16,17). The number of nitrogens with two attached hydrogens (primary N) is 1. The first-order valence-corrected chi connectivity index (χ1v) is 5.37. The van der Waals surface area contributed by atoms with Crippen molar-refractivity contribution in [1.29, 1.82) is 0 Å². The Balaban J connectivity index is 3.10. The van der Waals surface area contributed by atoms with Crippen LogP contribution in [0.1, 0.15) is 17.3 Å². The predicted molar refractivity (Wildman–Crippen MR) is 65.7 cm³/mol. The van der Waals surface area contributed by atoms with Gasteiger partial charge < -0.3 is 16.2 Å². The average Bonchev–Trinajstić information content (AvgIpc) is 2.22. The van der Waals surface area contributed by atoms with Crippen LogP contribution < -0.4 is 11.1 Å². The molecule has 0 aliphatic carbocycles. The number of amides is 1. The van der Waals surface area contributed by atoms with E-state index in [0.717, 1.165) is 0 Å². The van der Waals surface area contributed by atoms with E-state index in [0.29, 0.717) is 0 Å². The fraction of sp³-hybridized carbons (Fsp3) is 0.200. The van der Waals surface area contributed by atoms with Crippen LogP contribution in [0.3, 0.4) is 0 Å². The van der Waals surface area contributed by atoms with E-state index in [2.05, 4.69) is 5.32 Å². The van der Waals surface area contributed by atoms with E-state index < -0.39 is 17.9 Å². The maximum absolute atomic E-state index is 11.4. The quantitative estimate of drug-likeness (QED) is 0.787. The van der Waals surface area contributed by atoms with Gasteiger partial charge in [-0.25, -0.2) is 4.79 Å². The second-order valence-corrected chi connectivity index (χ2v) is 4.21. The van der Waals surface area contributed by atoms with Crippen LogP contribution in [0.5, 0.6) is 0 Å². The summed E-state index contributed by atoms with van der Waals surface area (Å²) in [5.74, 6) is -1.62. The molecule has 1 aromatic carbocycles. The Morgan fingerprint density at radius 1 is 1.35 bits per heavy atom. The van der Waals surface area contributed by atoms with E-state index >= 15 is 0 Å². The number of anilines is 1. The lowest BCUT2D eigenvalue weighted by molar-refractivity contribution is -0.117. The molecular weight excluding hydrogens is 267 g/mol. The first-order valence-electron chi connectivity index (χ1n) is 4.61. The highest BCUT2D eigenvalue weighted by atomic mass is 35.5. The zero-order chi connectivity index (χ0) is 13.2. The lowest BCUT2D eigenvalue weighted by Gasteiger charge is -2.11. The van der Waals surface area contributed by atoms with Gasteiger partial charge in [0.15, 0.2) is 0 Å². The number of carboxylic acids is 1. The van der Waals surface area contributed by atoms with Crippen LogP contribution in [0.2, 0.25) is 10.0 Å². The maximum atomic E-state index is 11.4. The zero-order valence-electron chi connectivity index (χ0n) is 8.83. The summed E-state index contributed by atoms with van der Waals surface area (Å²) >= 11 is 11.6. The van der Waals surface area contributed by atoms with E-state index in [1.807, 2.05) is 0 Å². The molecule has 4 N–H and O–H groups in total. The largest absolute Gasteiger partial charge is 0.478 e. The summed E-state index contributed by atoms with van der Waals surface area (Å²) in [6.07, 6.45) is 0. The summed E-state index contributed by atoms with van der Waals surface area (Å²) in [4.78, 5) is 22.1. The molecule has 92 valence electrons. The number of hydrogen-bond donors (Lipinski definition) is 3. The molecule has 7 heteroatoms. The van der Waals surface area contributed by atoms with E-state index in [1.54, 1.807) is 0 Å². The number of carboxylic acid groups (broad SMARTS) is 1. The van der Waals surface area contributed by atoms with E-state index in [9.17, 15) is 9.59 Å². The zero-order valence-corrected chi connectivity index (χ0v) is 10.3. The Kier molecular flexibility index (Phi) is 4.34. The van der Waals surface area contributed by atoms with E-state index in [-0.39, 0.29) is 21.3 Å².